The first-order valence-electron chi connectivity index (χ1n) is 13.4. The Hall–Kier alpha value is -2.49. The van der Waals surface area contributed by atoms with Crippen molar-refractivity contribution in [3.8, 4) is 17.3 Å². The Morgan fingerprint density at radius 1 is 1.21 bits per heavy atom. The molecular weight excluding hydrogens is 500 g/mol. The Bertz CT molecular complexity index is 1300. The SMILES string of the molecule is CS(C)(C)CCOCn1ccc2c(-c3cnn(C4(CC#N)CN(C5C6CNCC5COC6)C4)c3)ncnc21. The van der Waals surface area contributed by atoms with Gasteiger partial charge in [0.1, 0.15) is 24.2 Å². The maximum absolute atomic E-state index is 9.71. The van der Waals surface area contributed by atoms with Crippen LogP contribution in [0.3, 0.4) is 0 Å². The lowest BCUT2D eigenvalue weighted by molar-refractivity contribution is -0.124. The van der Waals surface area contributed by atoms with Gasteiger partial charge in [0.25, 0.3) is 0 Å². The van der Waals surface area contributed by atoms with E-state index in [1.54, 1.807) is 6.33 Å². The van der Waals surface area contributed by atoms with E-state index in [0.717, 1.165) is 74.0 Å². The van der Waals surface area contributed by atoms with E-state index < -0.39 is 10.0 Å². The van der Waals surface area contributed by atoms with Crippen LogP contribution in [0.25, 0.3) is 22.3 Å². The van der Waals surface area contributed by atoms with E-state index in [0.29, 0.717) is 31.0 Å². The smallest absolute Gasteiger partial charge is 0.145 e. The van der Waals surface area contributed by atoms with Crippen LogP contribution in [0.4, 0.5) is 0 Å². The second-order valence-corrected chi connectivity index (χ2v) is 16.5. The van der Waals surface area contributed by atoms with Crippen LogP contribution in [0.15, 0.2) is 31.0 Å². The minimum absolute atomic E-state index is 0.312. The lowest BCUT2D eigenvalue weighted by Crippen LogP contribution is -2.71. The van der Waals surface area contributed by atoms with Crippen LogP contribution < -0.4 is 5.32 Å². The zero-order valence-corrected chi connectivity index (χ0v) is 23.4. The van der Waals surface area contributed by atoms with E-state index in [1.165, 1.54) is 0 Å². The van der Waals surface area contributed by atoms with Gasteiger partial charge in [-0.25, -0.2) is 20.0 Å². The number of aromatic nitrogens is 5. The Kier molecular flexibility index (Phi) is 6.95. The number of hydrogen-bond acceptors (Lipinski definition) is 8. The molecule has 3 aromatic rings. The molecule has 2 bridgehead atoms. The zero-order valence-electron chi connectivity index (χ0n) is 22.5. The Balaban J connectivity index is 1.19. The van der Waals surface area contributed by atoms with Gasteiger partial charge in [0.2, 0.25) is 0 Å². The Morgan fingerprint density at radius 3 is 2.74 bits per heavy atom. The number of nitriles is 1. The molecule has 6 rings (SSSR count). The molecule has 11 heteroatoms. The molecule has 3 aromatic heterocycles. The molecule has 0 radical (unpaired) electrons. The molecule has 3 saturated heterocycles. The maximum Gasteiger partial charge on any atom is 0.145 e. The van der Waals surface area contributed by atoms with Crippen LogP contribution >= 0.6 is 10.0 Å². The number of ether oxygens (including phenoxy) is 2. The van der Waals surface area contributed by atoms with Crippen LogP contribution in [0, 0.1) is 23.2 Å². The summed E-state index contributed by atoms with van der Waals surface area (Å²) in [5, 5.41) is 19.0. The average molecular weight is 539 g/mol. The van der Waals surface area contributed by atoms with E-state index in [9.17, 15) is 5.26 Å². The van der Waals surface area contributed by atoms with Gasteiger partial charge < -0.3 is 19.4 Å². The van der Waals surface area contributed by atoms with Crippen molar-refractivity contribution in [1.82, 2.24) is 34.5 Å². The summed E-state index contributed by atoms with van der Waals surface area (Å²) in [5.74, 6) is 2.10. The molecule has 204 valence electrons. The maximum atomic E-state index is 9.71. The number of nitrogens with zero attached hydrogens (tertiary/aromatic N) is 7. The predicted octanol–water partition coefficient (Wildman–Crippen LogP) is 2.12. The van der Waals surface area contributed by atoms with E-state index >= 15 is 0 Å². The van der Waals surface area contributed by atoms with Crippen LogP contribution in [0.5, 0.6) is 0 Å². The summed E-state index contributed by atoms with van der Waals surface area (Å²) in [7, 11) is -0.577. The summed E-state index contributed by atoms with van der Waals surface area (Å²) in [6, 6.07) is 5.00. The number of hydrogen-bond donors (Lipinski definition) is 1. The van der Waals surface area contributed by atoms with Crippen LogP contribution in [-0.4, -0.2) is 106 Å². The molecule has 0 aromatic carbocycles. The standard InChI is InChI=1S/C27H38N8O2S/c1-38(2,3)9-8-36-19-33-7-4-23-24(30-18-31-26(23)33)20-12-32-35(13-20)27(5-6-28)16-34(17-27)25-21-10-29-11-22(25)15-37-14-21/h4,7,12-13,18,21-22,25,29H,5,8-11,14-17,19H2,1-3H3. The van der Waals surface area contributed by atoms with Crippen molar-refractivity contribution in [3.05, 3.63) is 31.0 Å². The van der Waals surface area contributed by atoms with E-state index in [-0.39, 0.29) is 5.54 Å². The highest BCUT2D eigenvalue weighted by Gasteiger charge is 2.52. The monoisotopic (exact) mass is 538 g/mol. The minimum atomic E-state index is -0.577. The Morgan fingerprint density at radius 2 is 2.00 bits per heavy atom. The molecule has 0 aliphatic carbocycles. The lowest BCUT2D eigenvalue weighted by atomic mass is 9.76. The number of nitrogens with one attached hydrogen (secondary N) is 1. The first-order valence-corrected chi connectivity index (χ1v) is 16.4. The van der Waals surface area contributed by atoms with Gasteiger partial charge in [-0.3, -0.25) is 9.58 Å². The average Bonchev–Trinajstić information content (AvgIpc) is 3.51. The normalized spacial score (nSPS) is 25.7. The zero-order chi connectivity index (χ0) is 26.3. The van der Waals surface area contributed by atoms with Gasteiger partial charge in [-0.15, -0.1) is 0 Å². The van der Waals surface area contributed by atoms with E-state index in [4.69, 9.17) is 14.6 Å². The van der Waals surface area contributed by atoms with Crippen LogP contribution in [-0.2, 0) is 21.7 Å². The second-order valence-electron chi connectivity index (χ2n) is 11.9. The van der Waals surface area contributed by atoms with Gasteiger partial charge in [-0.1, -0.05) is 0 Å². The number of likely N-dealkylation sites (tertiary alicyclic amines) is 1. The summed E-state index contributed by atoms with van der Waals surface area (Å²) < 4.78 is 15.8. The summed E-state index contributed by atoms with van der Waals surface area (Å²) in [6.07, 6.45) is 14.9. The molecule has 3 aliphatic rings. The highest BCUT2D eigenvalue weighted by atomic mass is 32.3. The van der Waals surface area contributed by atoms with Crippen molar-refractivity contribution in [2.24, 2.45) is 11.8 Å². The van der Waals surface area contributed by atoms with Gasteiger partial charge in [-0.2, -0.15) is 10.4 Å². The fourth-order valence-corrected chi connectivity index (χ4v) is 6.90. The van der Waals surface area contributed by atoms with Crippen molar-refractivity contribution < 1.29 is 9.47 Å². The van der Waals surface area contributed by atoms with Gasteiger partial charge in [0, 0.05) is 73.2 Å². The van der Waals surface area contributed by atoms with Crippen molar-refractivity contribution in [2.75, 3.05) is 70.5 Å². The third-order valence-corrected chi connectivity index (χ3v) is 9.63. The molecule has 38 heavy (non-hydrogen) atoms. The molecule has 10 nitrogen and oxygen atoms in total. The molecule has 2 atom stereocenters. The molecule has 3 fully saturated rings. The highest BCUT2D eigenvalue weighted by Crippen LogP contribution is 2.40. The van der Waals surface area contributed by atoms with Crippen molar-refractivity contribution in [2.45, 2.75) is 24.7 Å². The van der Waals surface area contributed by atoms with Crippen molar-refractivity contribution in [3.63, 3.8) is 0 Å². The van der Waals surface area contributed by atoms with Gasteiger partial charge in [0.05, 0.1) is 44.2 Å². The van der Waals surface area contributed by atoms with Crippen LogP contribution in [0.2, 0.25) is 0 Å². The van der Waals surface area contributed by atoms with Crippen molar-refractivity contribution >= 4 is 21.1 Å². The van der Waals surface area contributed by atoms with Gasteiger partial charge >= 0.3 is 0 Å². The molecule has 2 unspecified atom stereocenters. The Labute approximate surface area is 225 Å². The molecule has 0 amide bonds. The summed E-state index contributed by atoms with van der Waals surface area (Å²) in [6.45, 7) is 6.52. The third kappa shape index (κ3) is 4.84. The third-order valence-electron chi connectivity index (χ3n) is 8.24. The fourth-order valence-electron chi connectivity index (χ4n) is 6.28. The molecule has 0 saturated carbocycles. The number of fused-ring (bicyclic) bond motifs is 3. The molecule has 3 aliphatic heterocycles. The lowest BCUT2D eigenvalue weighted by Gasteiger charge is -2.57. The number of rotatable bonds is 9. The second kappa shape index (κ2) is 10.2. The highest BCUT2D eigenvalue weighted by molar-refractivity contribution is 8.32. The van der Waals surface area contributed by atoms with Gasteiger partial charge in [0.15, 0.2) is 0 Å². The molecular formula is C27H38N8O2S. The first kappa shape index (κ1) is 25.8. The fraction of sp³-hybridized carbons (Fsp3) is 0.630. The minimum Gasteiger partial charge on any atom is -0.381 e. The number of piperidine rings is 1. The summed E-state index contributed by atoms with van der Waals surface area (Å²) in [5.41, 5.74) is 2.34. The van der Waals surface area contributed by atoms with Crippen molar-refractivity contribution in [1.29, 1.82) is 5.26 Å². The van der Waals surface area contributed by atoms with Crippen LogP contribution in [0.1, 0.15) is 6.42 Å². The first-order chi connectivity index (χ1) is 18.4. The predicted molar refractivity (Wildman–Crippen MR) is 149 cm³/mol. The topological polar surface area (TPSA) is 106 Å². The summed E-state index contributed by atoms with van der Waals surface area (Å²) in [4.78, 5) is 11.7. The van der Waals surface area contributed by atoms with Gasteiger partial charge in [-0.05, 0) is 24.8 Å². The quantitative estimate of drug-likeness (QED) is 0.413. The summed E-state index contributed by atoms with van der Waals surface area (Å²) >= 11 is 0. The largest absolute Gasteiger partial charge is 0.381 e. The van der Waals surface area contributed by atoms with E-state index in [1.807, 2.05) is 21.6 Å². The molecule has 1 N–H and O–H groups in total. The molecule has 6 heterocycles. The van der Waals surface area contributed by atoms with E-state index in [2.05, 4.69) is 57.3 Å². The molecule has 0 spiro atoms.